The number of nitrogens with zero attached hydrogens (tertiary/aromatic N) is 1. The zero-order valence-corrected chi connectivity index (χ0v) is 9.18. The molecule has 72 valence electrons. The summed E-state index contributed by atoms with van der Waals surface area (Å²) in [6.45, 7) is 0. The van der Waals surface area contributed by atoms with Gasteiger partial charge in [0, 0.05) is 6.20 Å². The minimum absolute atomic E-state index is 0.0453. The van der Waals surface area contributed by atoms with Crippen molar-refractivity contribution in [2.24, 2.45) is 5.14 Å². The third-order valence-corrected chi connectivity index (χ3v) is 2.71. The van der Waals surface area contributed by atoms with Crippen molar-refractivity contribution in [2.45, 2.75) is 6.42 Å². The van der Waals surface area contributed by atoms with E-state index in [9.17, 15) is 8.42 Å². The van der Waals surface area contributed by atoms with Crippen LogP contribution in [-0.4, -0.2) is 19.2 Å². The highest BCUT2D eigenvalue weighted by Gasteiger charge is 2.03. The molecule has 0 bridgehead atoms. The minimum atomic E-state index is -3.37. The van der Waals surface area contributed by atoms with E-state index in [4.69, 9.17) is 5.14 Å². The van der Waals surface area contributed by atoms with Crippen LogP contribution in [-0.2, 0) is 16.4 Å². The molecule has 0 aromatic carbocycles. The van der Waals surface area contributed by atoms with Crippen molar-refractivity contribution in [3.8, 4) is 0 Å². The number of hydrogen-bond donors (Lipinski definition) is 1. The van der Waals surface area contributed by atoms with Crippen molar-refractivity contribution in [1.29, 1.82) is 0 Å². The van der Waals surface area contributed by atoms with E-state index in [0.29, 0.717) is 6.42 Å². The molecule has 0 radical (unpaired) electrons. The summed E-state index contributed by atoms with van der Waals surface area (Å²) in [6.07, 6.45) is 2.02. The van der Waals surface area contributed by atoms with Crippen LogP contribution < -0.4 is 5.14 Å². The Balaban J connectivity index is 2.61. The Morgan fingerprint density at radius 2 is 2.15 bits per heavy atom. The summed E-state index contributed by atoms with van der Waals surface area (Å²) in [5.74, 6) is -0.0453. The van der Waals surface area contributed by atoms with E-state index in [1.54, 1.807) is 12.3 Å². The first kappa shape index (κ1) is 10.6. The quantitative estimate of drug-likeness (QED) is 0.816. The average molecular weight is 265 g/mol. The lowest BCUT2D eigenvalue weighted by molar-refractivity contribution is 0.597. The van der Waals surface area contributed by atoms with Crippen LogP contribution >= 0.6 is 15.9 Å². The minimum Gasteiger partial charge on any atom is -0.249 e. The molecular formula is C7H9BrN2O2S. The van der Waals surface area contributed by atoms with E-state index in [0.717, 1.165) is 10.2 Å². The van der Waals surface area contributed by atoms with E-state index >= 15 is 0 Å². The second-order valence-corrected chi connectivity index (χ2v) is 5.15. The highest BCUT2D eigenvalue weighted by Crippen LogP contribution is 2.06. The first-order valence-corrected chi connectivity index (χ1v) is 6.09. The topological polar surface area (TPSA) is 73.1 Å². The zero-order chi connectivity index (χ0) is 9.90. The van der Waals surface area contributed by atoms with E-state index in [-0.39, 0.29) is 5.75 Å². The van der Waals surface area contributed by atoms with Crippen LogP contribution in [0.1, 0.15) is 5.56 Å². The number of sulfonamides is 1. The standard InChI is InChI=1S/C7H9BrN2O2S/c8-7-2-1-6(5-10-7)3-4-13(9,11)12/h1-2,5H,3-4H2,(H2,9,11,12). The predicted octanol–water partition coefficient (Wildman–Crippen LogP) is 0.675. The van der Waals surface area contributed by atoms with Gasteiger partial charge in [0.25, 0.3) is 0 Å². The van der Waals surface area contributed by atoms with Gasteiger partial charge in [-0.15, -0.1) is 0 Å². The third kappa shape index (κ3) is 4.35. The fourth-order valence-electron chi connectivity index (χ4n) is 0.814. The van der Waals surface area contributed by atoms with Crippen LogP contribution in [0.15, 0.2) is 22.9 Å². The lowest BCUT2D eigenvalue weighted by atomic mass is 10.2. The molecule has 0 aliphatic heterocycles. The lowest BCUT2D eigenvalue weighted by Crippen LogP contribution is -2.17. The Morgan fingerprint density at radius 1 is 1.46 bits per heavy atom. The lowest BCUT2D eigenvalue weighted by Gasteiger charge is -1.98. The summed E-state index contributed by atoms with van der Waals surface area (Å²) in [5, 5.41) is 4.86. The molecule has 0 unspecified atom stereocenters. The van der Waals surface area contributed by atoms with E-state index in [1.807, 2.05) is 6.07 Å². The molecule has 0 spiro atoms. The van der Waals surface area contributed by atoms with Gasteiger partial charge in [-0.2, -0.15) is 0 Å². The number of pyridine rings is 1. The number of nitrogens with two attached hydrogens (primary N) is 1. The van der Waals surface area contributed by atoms with Gasteiger partial charge in [-0.3, -0.25) is 0 Å². The van der Waals surface area contributed by atoms with Crippen LogP contribution in [0.4, 0.5) is 0 Å². The molecule has 0 saturated heterocycles. The molecule has 1 aromatic heterocycles. The molecule has 1 aromatic rings. The van der Waals surface area contributed by atoms with Gasteiger partial charge in [0.15, 0.2) is 0 Å². The van der Waals surface area contributed by atoms with Gasteiger partial charge in [0.05, 0.1) is 5.75 Å². The van der Waals surface area contributed by atoms with Crippen molar-refractivity contribution in [1.82, 2.24) is 4.98 Å². The number of hydrogen-bond acceptors (Lipinski definition) is 3. The molecule has 0 aliphatic carbocycles. The molecule has 1 rings (SSSR count). The van der Waals surface area contributed by atoms with Crippen molar-refractivity contribution in [3.05, 3.63) is 28.5 Å². The summed E-state index contributed by atoms with van der Waals surface area (Å²) in [6, 6.07) is 3.57. The number of primary sulfonamides is 1. The van der Waals surface area contributed by atoms with Gasteiger partial charge in [0.1, 0.15) is 4.60 Å². The van der Waals surface area contributed by atoms with Gasteiger partial charge < -0.3 is 0 Å². The molecule has 13 heavy (non-hydrogen) atoms. The van der Waals surface area contributed by atoms with Gasteiger partial charge in [0.2, 0.25) is 10.0 Å². The SMILES string of the molecule is NS(=O)(=O)CCc1ccc(Br)nc1. The predicted molar refractivity (Wildman–Crippen MR) is 53.6 cm³/mol. The maximum atomic E-state index is 10.6. The van der Waals surface area contributed by atoms with Crippen LogP contribution in [0.5, 0.6) is 0 Å². The van der Waals surface area contributed by atoms with Crippen molar-refractivity contribution in [3.63, 3.8) is 0 Å². The molecule has 6 heteroatoms. The summed E-state index contributed by atoms with van der Waals surface area (Å²) in [5.41, 5.74) is 0.859. The molecule has 4 nitrogen and oxygen atoms in total. The van der Waals surface area contributed by atoms with E-state index in [2.05, 4.69) is 20.9 Å². The summed E-state index contributed by atoms with van der Waals surface area (Å²) in [4.78, 5) is 3.96. The fourth-order valence-corrected chi connectivity index (χ4v) is 1.57. The molecule has 0 aliphatic rings. The van der Waals surface area contributed by atoms with Gasteiger partial charge in [-0.1, -0.05) is 6.07 Å². The largest absolute Gasteiger partial charge is 0.249 e. The van der Waals surface area contributed by atoms with Gasteiger partial charge in [-0.05, 0) is 34.0 Å². The second kappa shape index (κ2) is 4.17. The summed E-state index contributed by atoms with van der Waals surface area (Å²) < 4.78 is 22.0. The Labute approximate surface area is 85.3 Å². The first-order chi connectivity index (χ1) is 5.97. The summed E-state index contributed by atoms with van der Waals surface area (Å²) in [7, 11) is -3.37. The first-order valence-electron chi connectivity index (χ1n) is 3.58. The van der Waals surface area contributed by atoms with E-state index in [1.165, 1.54) is 0 Å². The monoisotopic (exact) mass is 264 g/mol. The fraction of sp³-hybridized carbons (Fsp3) is 0.286. The molecule has 1 heterocycles. The number of aromatic nitrogens is 1. The Kier molecular flexibility index (Phi) is 3.40. The Morgan fingerprint density at radius 3 is 2.62 bits per heavy atom. The van der Waals surface area contributed by atoms with Crippen LogP contribution in [0, 0.1) is 0 Å². The van der Waals surface area contributed by atoms with Gasteiger partial charge >= 0.3 is 0 Å². The average Bonchev–Trinajstić information content (AvgIpc) is 2.02. The molecule has 0 amide bonds. The summed E-state index contributed by atoms with van der Waals surface area (Å²) >= 11 is 3.18. The van der Waals surface area contributed by atoms with Crippen molar-refractivity contribution < 1.29 is 8.42 Å². The number of aryl methyl sites for hydroxylation is 1. The molecule has 0 atom stereocenters. The maximum absolute atomic E-state index is 10.6. The number of halogens is 1. The highest BCUT2D eigenvalue weighted by molar-refractivity contribution is 9.10. The van der Waals surface area contributed by atoms with Crippen LogP contribution in [0.3, 0.4) is 0 Å². The zero-order valence-electron chi connectivity index (χ0n) is 6.77. The van der Waals surface area contributed by atoms with E-state index < -0.39 is 10.0 Å². The van der Waals surface area contributed by atoms with Crippen molar-refractivity contribution >= 4 is 26.0 Å². The smallest absolute Gasteiger partial charge is 0.209 e. The number of rotatable bonds is 3. The maximum Gasteiger partial charge on any atom is 0.209 e. The third-order valence-electron chi connectivity index (χ3n) is 1.46. The molecule has 0 saturated carbocycles. The Hall–Kier alpha value is -0.460. The van der Waals surface area contributed by atoms with Gasteiger partial charge in [-0.25, -0.2) is 18.5 Å². The highest BCUT2D eigenvalue weighted by atomic mass is 79.9. The van der Waals surface area contributed by atoms with Crippen LogP contribution in [0.25, 0.3) is 0 Å². The van der Waals surface area contributed by atoms with Crippen LogP contribution in [0.2, 0.25) is 0 Å². The molecule has 0 fully saturated rings. The normalized spacial score (nSPS) is 11.5. The Bertz CT molecular complexity index is 374. The molecular weight excluding hydrogens is 256 g/mol. The van der Waals surface area contributed by atoms with Crippen molar-refractivity contribution in [2.75, 3.05) is 5.75 Å². The molecule has 2 N–H and O–H groups in total. The second-order valence-electron chi connectivity index (χ2n) is 2.61.